The van der Waals surface area contributed by atoms with Gasteiger partial charge in [-0.25, -0.2) is 14.0 Å². The van der Waals surface area contributed by atoms with Crippen LogP contribution in [0.5, 0.6) is 0 Å². The molecule has 2 amide bonds. The van der Waals surface area contributed by atoms with Crippen LogP contribution >= 0.6 is 11.6 Å². The molecule has 1 N–H and O–H groups in total. The summed E-state index contributed by atoms with van der Waals surface area (Å²) in [6.07, 6.45) is -5.25. The number of rotatable bonds is 5. The van der Waals surface area contributed by atoms with E-state index in [-0.39, 0.29) is 35.5 Å². The largest absolute Gasteiger partial charge is 0.445 e. The van der Waals surface area contributed by atoms with Crippen LogP contribution in [0.2, 0.25) is 5.02 Å². The van der Waals surface area contributed by atoms with Crippen molar-refractivity contribution in [3.05, 3.63) is 70.3 Å². The van der Waals surface area contributed by atoms with Gasteiger partial charge >= 0.3 is 18.4 Å². The van der Waals surface area contributed by atoms with Gasteiger partial charge in [-0.2, -0.15) is 13.2 Å². The Labute approximate surface area is 237 Å². The molecule has 0 saturated carbocycles. The molecule has 0 unspecified atom stereocenters. The average molecular weight is 599 g/mol. The first-order valence-electron chi connectivity index (χ1n) is 12.6. The number of carbonyl (C=O) groups is 2. The quantitative estimate of drug-likeness (QED) is 0.318. The van der Waals surface area contributed by atoms with Gasteiger partial charge in [0.25, 0.3) is 0 Å². The zero-order valence-electron chi connectivity index (χ0n) is 22.3. The van der Waals surface area contributed by atoms with E-state index >= 15 is 0 Å². The topological polar surface area (TPSA) is 107 Å². The first-order valence-corrected chi connectivity index (χ1v) is 13.0. The highest BCUT2D eigenvalue weighted by Crippen LogP contribution is 2.34. The van der Waals surface area contributed by atoms with E-state index in [0.29, 0.717) is 18.4 Å². The summed E-state index contributed by atoms with van der Waals surface area (Å²) in [7, 11) is 0. The third-order valence-electron chi connectivity index (χ3n) is 6.07. The number of aromatic nitrogens is 2. The lowest BCUT2D eigenvalue weighted by Gasteiger charge is -2.38. The second kappa shape index (κ2) is 11.9. The molecule has 220 valence electrons. The smallest absolute Gasteiger partial charge is 0.416 e. The lowest BCUT2D eigenvalue weighted by atomic mass is 9.98. The summed E-state index contributed by atoms with van der Waals surface area (Å²) in [4.78, 5) is 26.9. The number of nitrogens with one attached hydrogen (secondary N) is 1. The number of ether oxygens (including phenoxy) is 2. The zero-order valence-corrected chi connectivity index (χ0v) is 23.1. The number of hydrogen-bond acceptors (Lipinski definition) is 7. The number of hydrogen-bond donors (Lipinski definition) is 1. The van der Waals surface area contributed by atoms with Gasteiger partial charge in [0.1, 0.15) is 24.1 Å². The van der Waals surface area contributed by atoms with Crippen LogP contribution in [-0.2, 0) is 22.3 Å². The van der Waals surface area contributed by atoms with E-state index < -0.39 is 47.4 Å². The van der Waals surface area contributed by atoms with Crippen LogP contribution in [0.15, 0.2) is 46.9 Å². The fraction of sp³-hybridized carbons (Fsp3) is 0.407. The Bertz CT molecular complexity index is 1390. The van der Waals surface area contributed by atoms with Gasteiger partial charge in [-0.3, -0.25) is 4.90 Å². The van der Waals surface area contributed by atoms with Gasteiger partial charge in [0, 0.05) is 12.1 Å². The maximum atomic E-state index is 13.7. The molecule has 9 nitrogen and oxygen atoms in total. The van der Waals surface area contributed by atoms with E-state index in [2.05, 4.69) is 15.5 Å². The van der Waals surface area contributed by atoms with Crippen LogP contribution in [0.3, 0.4) is 0 Å². The third-order valence-corrected chi connectivity index (χ3v) is 6.38. The lowest BCUT2D eigenvalue weighted by molar-refractivity contribution is -0.137. The highest BCUT2D eigenvalue weighted by atomic mass is 35.5. The van der Waals surface area contributed by atoms with E-state index in [1.807, 2.05) is 0 Å². The Hall–Kier alpha value is -3.87. The molecular formula is C27H27ClF4N4O5. The third kappa shape index (κ3) is 7.87. The molecule has 1 aromatic heterocycles. The fourth-order valence-electron chi connectivity index (χ4n) is 4.14. The van der Waals surface area contributed by atoms with Crippen molar-refractivity contribution in [2.75, 3.05) is 6.54 Å². The number of likely N-dealkylation sites (tertiary alicyclic amines) is 1. The molecule has 0 bridgehead atoms. The maximum Gasteiger partial charge on any atom is 0.416 e. The van der Waals surface area contributed by atoms with Crippen molar-refractivity contribution in [3.8, 4) is 11.5 Å². The van der Waals surface area contributed by atoms with Gasteiger partial charge < -0.3 is 19.2 Å². The Balaban J connectivity index is 1.45. The summed E-state index contributed by atoms with van der Waals surface area (Å²) in [5.41, 5.74) is -0.961. The number of alkyl halides is 3. The predicted octanol–water partition coefficient (Wildman–Crippen LogP) is 6.91. The second-order valence-corrected chi connectivity index (χ2v) is 10.8. The lowest BCUT2D eigenvalue weighted by Crippen LogP contribution is -2.52. The summed E-state index contributed by atoms with van der Waals surface area (Å²) in [6.45, 7) is 4.92. The maximum absolute atomic E-state index is 13.7. The van der Waals surface area contributed by atoms with E-state index in [4.69, 9.17) is 25.5 Å². The minimum atomic E-state index is -4.49. The molecular weight excluding hydrogens is 572 g/mol. The predicted molar refractivity (Wildman–Crippen MR) is 138 cm³/mol. The van der Waals surface area contributed by atoms with Crippen LogP contribution in [0.4, 0.5) is 27.2 Å². The van der Waals surface area contributed by atoms with Crippen LogP contribution in [-0.4, -0.2) is 45.5 Å². The highest BCUT2D eigenvalue weighted by molar-refractivity contribution is 6.30. The first kappa shape index (κ1) is 30.1. The molecule has 1 aliphatic rings. The monoisotopic (exact) mass is 598 g/mol. The van der Waals surface area contributed by atoms with Gasteiger partial charge in [0.15, 0.2) is 0 Å². The summed E-state index contributed by atoms with van der Waals surface area (Å²) in [5, 5.41) is 10.6. The molecule has 14 heteroatoms. The Kier molecular flexibility index (Phi) is 8.76. The number of piperidine rings is 1. The minimum absolute atomic E-state index is 0.0136. The SMILES string of the molecule is CC(C)(C)OC(=O)N1C[C@@H](NC(=O)OCc2ccc(Cl)c(F)c2)CC[C@@H]1c1nnc(-c2ccc(C(F)(F)F)cc2)o1. The van der Waals surface area contributed by atoms with Crippen LogP contribution in [0.25, 0.3) is 11.5 Å². The van der Waals surface area contributed by atoms with Crippen molar-refractivity contribution >= 4 is 23.8 Å². The molecule has 2 atom stereocenters. The van der Waals surface area contributed by atoms with Crippen LogP contribution < -0.4 is 5.32 Å². The molecule has 0 radical (unpaired) electrons. The van der Waals surface area contributed by atoms with Crippen molar-refractivity contribution in [2.24, 2.45) is 0 Å². The van der Waals surface area contributed by atoms with Gasteiger partial charge in [0.05, 0.1) is 16.6 Å². The number of alkyl carbamates (subject to hydrolysis) is 1. The normalized spacial score (nSPS) is 17.7. The Morgan fingerprint density at radius 2 is 1.80 bits per heavy atom. The minimum Gasteiger partial charge on any atom is -0.445 e. The van der Waals surface area contributed by atoms with Crippen molar-refractivity contribution in [2.45, 2.75) is 64.1 Å². The van der Waals surface area contributed by atoms with Crippen LogP contribution in [0, 0.1) is 5.82 Å². The van der Waals surface area contributed by atoms with Gasteiger partial charge in [-0.05, 0) is 75.6 Å². The molecule has 1 saturated heterocycles. The van der Waals surface area contributed by atoms with Crippen LogP contribution in [0.1, 0.15) is 56.7 Å². The molecule has 1 fully saturated rings. The highest BCUT2D eigenvalue weighted by Gasteiger charge is 2.39. The average Bonchev–Trinajstić information content (AvgIpc) is 3.38. The molecule has 2 aromatic carbocycles. The number of amides is 2. The van der Waals surface area contributed by atoms with E-state index in [9.17, 15) is 27.2 Å². The van der Waals surface area contributed by atoms with Gasteiger partial charge in [0.2, 0.25) is 11.8 Å². The summed E-state index contributed by atoms with van der Waals surface area (Å²) in [6, 6.07) is 7.06. The second-order valence-electron chi connectivity index (χ2n) is 10.4. The molecule has 1 aliphatic heterocycles. The van der Waals surface area contributed by atoms with E-state index in [1.165, 1.54) is 29.2 Å². The van der Waals surface area contributed by atoms with Crippen molar-refractivity contribution in [1.82, 2.24) is 20.4 Å². The molecule has 3 aromatic rings. The zero-order chi connectivity index (χ0) is 29.9. The van der Waals surface area contributed by atoms with Crippen molar-refractivity contribution < 1.29 is 41.0 Å². The summed E-state index contributed by atoms with van der Waals surface area (Å²) >= 11 is 5.67. The fourth-order valence-corrected chi connectivity index (χ4v) is 4.26. The summed E-state index contributed by atoms with van der Waals surface area (Å²) < 4.78 is 68.9. The van der Waals surface area contributed by atoms with Crippen molar-refractivity contribution in [3.63, 3.8) is 0 Å². The molecule has 41 heavy (non-hydrogen) atoms. The molecule has 2 heterocycles. The van der Waals surface area contributed by atoms with Crippen molar-refractivity contribution in [1.29, 1.82) is 0 Å². The molecule has 0 spiro atoms. The van der Waals surface area contributed by atoms with Gasteiger partial charge in [-0.1, -0.05) is 17.7 Å². The standard InChI is InChI=1S/C27H27ClF4N4O5/c1-26(2,3)41-25(38)36-13-18(33-24(37)39-14-15-4-10-19(28)20(29)12-15)9-11-21(36)23-35-34-22(40-23)16-5-7-17(8-6-16)27(30,31)32/h4-8,10,12,18,21H,9,11,13-14H2,1-3H3,(H,33,37)/t18-,21+/m0/s1. The molecule has 4 rings (SSSR count). The Morgan fingerprint density at radius 3 is 2.44 bits per heavy atom. The van der Waals surface area contributed by atoms with E-state index in [0.717, 1.165) is 18.2 Å². The molecule has 0 aliphatic carbocycles. The number of carbonyl (C=O) groups excluding carboxylic acids is 2. The number of benzene rings is 2. The Morgan fingerprint density at radius 1 is 1.10 bits per heavy atom. The number of halogens is 5. The summed E-state index contributed by atoms with van der Waals surface area (Å²) in [5.74, 6) is -0.584. The number of nitrogens with zero attached hydrogens (tertiary/aromatic N) is 3. The van der Waals surface area contributed by atoms with E-state index in [1.54, 1.807) is 20.8 Å². The first-order chi connectivity index (χ1) is 19.2. The van der Waals surface area contributed by atoms with Gasteiger partial charge in [-0.15, -0.1) is 10.2 Å².